The number of halogens is 2. The first-order valence-electron chi connectivity index (χ1n) is 2.11. The van der Waals surface area contributed by atoms with Crippen LogP contribution < -0.4 is 0 Å². The van der Waals surface area contributed by atoms with Crippen molar-refractivity contribution in [1.82, 2.24) is 0 Å². The van der Waals surface area contributed by atoms with Crippen molar-refractivity contribution in [2.45, 2.75) is 20.0 Å². The van der Waals surface area contributed by atoms with Crippen molar-refractivity contribution < 1.29 is 4.39 Å². The lowest BCUT2D eigenvalue weighted by molar-refractivity contribution is 0.430. The lowest BCUT2D eigenvalue weighted by Crippen LogP contribution is -1.82. The minimum absolute atomic E-state index is 0.509. The fraction of sp³-hybridized carbons (Fsp3) is 0.600. The van der Waals surface area contributed by atoms with Gasteiger partial charge in [-0.1, -0.05) is 11.6 Å². The molecule has 0 fully saturated rings. The third-order valence-electron chi connectivity index (χ3n) is 0.459. The van der Waals surface area contributed by atoms with Gasteiger partial charge in [-0.15, -0.1) is 0 Å². The van der Waals surface area contributed by atoms with Gasteiger partial charge in [-0.3, -0.25) is 0 Å². The molecule has 0 heterocycles. The Hall–Kier alpha value is -0.0400. The van der Waals surface area contributed by atoms with Crippen LogP contribution in [0.2, 0.25) is 0 Å². The highest BCUT2D eigenvalue weighted by Gasteiger charge is 1.88. The summed E-state index contributed by atoms with van der Waals surface area (Å²) in [5, 5.41) is 0.509. The van der Waals surface area contributed by atoms with Crippen LogP contribution in [0.1, 0.15) is 13.8 Å². The standard InChI is InChI=1S/C5H8ClF/c1-4(6)3-5(2)7/h3,5H,1-2H3/b4-3+. The van der Waals surface area contributed by atoms with Crippen LogP contribution in [-0.4, -0.2) is 6.17 Å². The van der Waals surface area contributed by atoms with Gasteiger partial charge in [0.2, 0.25) is 0 Å². The van der Waals surface area contributed by atoms with Crippen molar-refractivity contribution >= 4 is 11.6 Å². The number of allylic oxidation sites excluding steroid dienone is 2. The monoisotopic (exact) mass is 122 g/mol. The molecule has 1 atom stereocenters. The molecular weight excluding hydrogens is 115 g/mol. The molecule has 1 unspecified atom stereocenters. The van der Waals surface area contributed by atoms with Gasteiger partial charge in [-0.25, -0.2) is 4.39 Å². The first-order chi connectivity index (χ1) is 3.13. The molecule has 2 heteroatoms. The summed E-state index contributed by atoms with van der Waals surface area (Å²) in [5.74, 6) is 0. The van der Waals surface area contributed by atoms with Gasteiger partial charge in [0.25, 0.3) is 0 Å². The van der Waals surface area contributed by atoms with Crippen LogP contribution in [0.25, 0.3) is 0 Å². The van der Waals surface area contributed by atoms with Gasteiger partial charge in [0.1, 0.15) is 6.17 Å². The van der Waals surface area contributed by atoms with Gasteiger partial charge < -0.3 is 0 Å². The van der Waals surface area contributed by atoms with Crippen molar-refractivity contribution in [2.24, 2.45) is 0 Å². The predicted molar refractivity (Wildman–Crippen MR) is 30.2 cm³/mol. The Morgan fingerprint density at radius 2 is 2.29 bits per heavy atom. The fourth-order valence-corrected chi connectivity index (χ4v) is 0.490. The molecule has 0 aliphatic carbocycles. The second-order valence-corrected chi connectivity index (χ2v) is 2.03. The van der Waals surface area contributed by atoms with Gasteiger partial charge in [-0.2, -0.15) is 0 Å². The van der Waals surface area contributed by atoms with Crippen molar-refractivity contribution in [2.75, 3.05) is 0 Å². The predicted octanol–water partition coefficient (Wildman–Crippen LogP) is 2.49. The Bertz CT molecular complexity index is 72.1. The molecule has 42 valence electrons. The average Bonchev–Trinajstić information content (AvgIpc) is 1.27. The van der Waals surface area contributed by atoms with Crippen LogP contribution in [0.4, 0.5) is 4.39 Å². The SMILES string of the molecule is C/C(Cl)=C\C(C)F. The fourth-order valence-electron chi connectivity index (χ4n) is 0.316. The van der Waals surface area contributed by atoms with Crippen LogP contribution in [0.15, 0.2) is 11.1 Å². The summed E-state index contributed by atoms with van der Waals surface area (Å²) in [5.41, 5.74) is 0. The van der Waals surface area contributed by atoms with Crippen molar-refractivity contribution in [3.05, 3.63) is 11.1 Å². The Morgan fingerprint density at radius 3 is 2.29 bits per heavy atom. The maximum absolute atomic E-state index is 11.8. The summed E-state index contributed by atoms with van der Waals surface area (Å²) < 4.78 is 11.8. The third-order valence-corrected chi connectivity index (χ3v) is 0.585. The molecule has 0 bridgehead atoms. The molecule has 0 amide bonds. The molecule has 0 aliphatic heterocycles. The summed E-state index contributed by atoms with van der Waals surface area (Å²) >= 11 is 5.29. The van der Waals surface area contributed by atoms with Gasteiger partial charge in [0.05, 0.1) is 0 Å². The van der Waals surface area contributed by atoms with E-state index in [1.165, 1.54) is 13.0 Å². The summed E-state index contributed by atoms with van der Waals surface area (Å²) in [4.78, 5) is 0. The van der Waals surface area contributed by atoms with Crippen LogP contribution in [-0.2, 0) is 0 Å². The molecule has 0 rings (SSSR count). The molecule has 0 nitrogen and oxygen atoms in total. The molecule has 0 aromatic rings. The minimum Gasteiger partial charge on any atom is -0.243 e. The molecule has 0 radical (unpaired) electrons. The van der Waals surface area contributed by atoms with Gasteiger partial charge >= 0.3 is 0 Å². The van der Waals surface area contributed by atoms with E-state index in [4.69, 9.17) is 11.6 Å². The van der Waals surface area contributed by atoms with Crippen LogP contribution in [0.5, 0.6) is 0 Å². The summed E-state index contributed by atoms with van der Waals surface area (Å²) in [6.07, 6.45) is 0.430. The van der Waals surface area contributed by atoms with Crippen LogP contribution >= 0.6 is 11.6 Å². The zero-order valence-corrected chi connectivity index (χ0v) is 5.17. The molecule has 0 aliphatic rings. The summed E-state index contributed by atoms with van der Waals surface area (Å²) in [6, 6.07) is 0. The van der Waals surface area contributed by atoms with E-state index in [1.54, 1.807) is 6.92 Å². The first kappa shape index (κ1) is 6.96. The Balaban J connectivity index is 3.45. The highest BCUT2D eigenvalue weighted by atomic mass is 35.5. The topological polar surface area (TPSA) is 0 Å². The van der Waals surface area contributed by atoms with E-state index in [2.05, 4.69) is 0 Å². The molecule has 0 aromatic heterocycles. The quantitative estimate of drug-likeness (QED) is 0.501. The molecule has 0 saturated carbocycles. The second-order valence-electron chi connectivity index (χ2n) is 1.43. The smallest absolute Gasteiger partial charge is 0.117 e. The average molecular weight is 123 g/mol. The molecule has 0 aromatic carbocycles. The summed E-state index contributed by atoms with van der Waals surface area (Å²) in [6.45, 7) is 3.09. The van der Waals surface area contributed by atoms with E-state index >= 15 is 0 Å². The maximum Gasteiger partial charge on any atom is 0.117 e. The minimum atomic E-state index is -0.919. The van der Waals surface area contributed by atoms with E-state index in [1.807, 2.05) is 0 Å². The second kappa shape index (κ2) is 3.03. The van der Waals surface area contributed by atoms with E-state index < -0.39 is 6.17 Å². The molecule has 0 N–H and O–H groups in total. The zero-order chi connectivity index (χ0) is 5.86. The zero-order valence-electron chi connectivity index (χ0n) is 4.41. The largest absolute Gasteiger partial charge is 0.243 e. The van der Waals surface area contributed by atoms with Crippen LogP contribution in [0, 0.1) is 0 Å². The highest BCUT2D eigenvalue weighted by Crippen LogP contribution is 2.01. The number of alkyl halides is 1. The first-order valence-corrected chi connectivity index (χ1v) is 2.48. The van der Waals surface area contributed by atoms with E-state index in [0.29, 0.717) is 5.03 Å². The van der Waals surface area contributed by atoms with E-state index in [0.717, 1.165) is 0 Å². The maximum atomic E-state index is 11.8. The highest BCUT2D eigenvalue weighted by molar-refractivity contribution is 6.29. The number of hydrogen-bond acceptors (Lipinski definition) is 0. The third kappa shape index (κ3) is 5.96. The summed E-state index contributed by atoms with van der Waals surface area (Å²) in [7, 11) is 0. The van der Waals surface area contributed by atoms with Crippen molar-refractivity contribution in [3.8, 4) is 0 Å². The molecule has 7 heavy (non-hydrogen) atoms. The van der Waals surface area contributed by atoms with E-state index in [9.17, 15) is 4.39 Å². The van der Waals surface area contributed by atoms with Crippen LogP contribution in [0.3, 0.4) is 0 Å². The molecule has 0 spiro atoms. The lowest BCUT2D eigenvalue weighted by atomic mass is 10.4. The Labute approximate surface area is 48.0 Å². The normalized spacial score (nSPS) is 16.9. The molecule has 0 saturated heterocycles. The van der Waals surface area contributed by atoms with Gasteiger partial charge in [-0.05, 0) is 19.9 Å². The van der Waals surface area contributed by atoms with Gasteiger partial charge in [0.15, 0.2) is 0 Å². The lowest BCUT2D eigenvalue weighted by Gasteiger charge is -1.87. The molecular formula is C5H8ClF. The Kier molecular flexibility index (Phi) is 3.01. The van der Waals surface area contributed by atoms with E-state index in [-0.39, 0.29) is 0 Å². The Morgan fingerprint density at radius 1 is 1.86 bits per heavy atom. The van der Waals surface area contributed by atoms with Gasteiger partial charge in [0, 0.05) is 5.03 Å². The number of hydrogen-bond donors (Lipinski definition) is 0. The van der Waals surface area contributed by atoms with Crippen molar-refractivity contribution in [3.63, 3.8) is 0 Å². The number of rotatable bonds is 1. The van der Waals surface area contributed by atoms with Crippen molar-refractivity contribution in [1.29, 1.82) is 0 Å².